The summed E-state index contributed by atoms with van der Waals surface area (Å²) in [5.74, 6) is 0.147. The fourth-order valence-corrected chi connectivity index (χ4v) is 1.48. The van der Waals surface area contributed by atoms with Gasteiger partial charge in [0, 0.05) is 26.0 Å². The lowest BCUT2D eigenvalue weighted by atomic mass is 9.99. The number of hydrogen-bond acceptors (Lipinski definition) is 2. The lowest BCUT2D eigenvalue weighted by Gasteiger charge is -2.17. The fourth-order valence-electron chi connectivity index (χ4n) is 1.48. The molecule has 0 aliphatic carbocycles. The first-order valence-electron chi connectivity index (χ1n) is 5.68. The molecule has 1 heterocycles. The summed E-state index contributed by atoms with van der Waals surface area (Å²) in [5.41, 5.74) is 6.91. The van der Waals surface area contributed by atoms with Crippen molar-refractivity contribution in [2.45, 2.75) is 32.9 Å². The molecule has 0 radical (unpaired) electrons. The van der Waals surface area contributed by atoms with Crippen molar-refractivity contribution < 1.29 is 4.79 Å². The van der Waals surface area contributed by atoms with Crippen LogP contribution in [0.1, 0.15) is 25.8 Å². The van der Waals surface area contributed by atoms with E-state index < -0.39 is 6.04 Å². The number of hydrogen-bond donors (Lipinski definition) is 2. The molecule has 1 rings (SSSR count). The maximum Gasteiger partial charge on any atom is 0.237 e. The fraction of sp³-hybridized carbons (Fsp3) is 0.583. The van der Waals surface area contributed by atoms with Gasteiger partial charge in [-0.05, 0) is 17.5 Å². The van der Waals surface area contributed by atoms with E-state index in [9.17, 15) is 4.79 Å². The van der Waals surface area contributed by atoms with Gasteiger partial charge < -0.3 is 15.6 Å². The molecular weight excluding hydrogens is 202 g/mol. The predicted octanol–water partition coefficient (Wildman–Crippen LogP) is 1.01. The lowest BCUT2D eigenvalue weighted by molar-refractivity contribution is -0.123. The highest BCUT2D eigenvalue weighted by Gasteiger charge is 2.18. The van der Waals surface area contributed by atoms with Crippen LogP contribution >= 0.6 is 0 Å². The minimum absolute atomic E-state index is 0.0711. The van der Waals surface area contributed by atoms with Gasteiger partial charge in [0.15, 0.2) is 0 Å². The molecule has 0 aliphatic heterocycles. The molecule has 0 fully saturated rings. The van der Waals surface area contributed by atoms with E-state index >= 15 is 0 Å². The Kier molecular flexibility index (Phi) is 4.55. The second-order valence-electron chi connectivity index (χ2n) is 4.31. The second kappa shape index (κ2) is 5.70. The minimum atomic E-state index is -0.409. The van der Waals surface area contributed by atoms with Gasteiger partial charge >= 0.3 is 0 Å². The van der Waals surface area contributed by atoms with Gasteiger partial charge in [-0.3, -0.25) is 4.79 Å². The molecule has 90 valence electrons. The number of nitrogens with one attached hydrogen (secondary N) is 1. The van der Waals surface area contributed by atoms with Gasteiger partial charge in [-0.25, -0.2) is 0 Å². The summed E-state index contributed by atoms with van der Waals surface area (Å²) < 4.78 is 1.95. The number of rotatable bonds is 5. The van der Waals surface area contributed by atoms with Crippen molar-refractivity contribution in [2.24, 2.45) is 18.7 Å². The van der Waals surface area contributed by atoms with Crippen LogP contribution in [0.2, 0.25) is 0 Å². The monoisotopic (exact) mass is 223 g/mol. The summed E-state index contributed by atoms with van der Waals surface area (Å²) in [5, 5.41) is 2.85. The van der Waals surface area contributed by atoms with Crippen molar-refractivity contribution in [2.75, 3.05) is 0 Å². The van der Waals surface area contributed by atoms with Crippen LogP contribution in [0.3, 0.4) is 0 Å². The van der Waals surface area contributed by atoms with Gasteiger partial charge in [0.1, 0.15) is 0 Å². The van der Waals surface area contributed by atoms with Crippen molar-refractivity contribution in [3.8, 4) is 0 Å². The van der Waals surface area contributed by atoms with Crippen molar-refractivity contribution in [3.05, 3.63) is 24.0 Å². The van der Waals surface area contributed by atoms with E-state index in [4.69, 9.17) is 5.73 Å². The molecule has 2 atom stereocenters. The van der Waals surface area contributed by atoms with Crippen LogP contribution in [0, 0.1) is 5.92 Å². The first-order valence-corrected chi connectivity index (χ1v) is 5.68. The van der Waals surface area contributed by atoms with Crippen LogP contribution in [-0.2, 0) is 18.4 Å². The minimum Gasteiger partial charge on any atom is -0.357 e. The highest BCUT2D eigenvalue weighted by molar-refractivity contribution is 5.81. The third-order valence-corrected chi connectivity index (χ3v) is 2.92. The number of nitrogens with zero attached hydrogens (tertiary/aromatic N) is 1. The SMILES string of the molecule is CCC(C)C(N)C(=O)NCc1ccn(C)c1. The standard InChI is InChI=1S/C12H21N3O/c1-4-9(2)11(13)12(16)14-7-10-5-6-15(3)8-10/h5-6,8-9,11H,4,7,13H2,1-3H3,(H,14,16). The van der Waals surface area contributed by atoms with Crippen LogP contribution < -0.4 is 11.1 Å². The van der Waals surface area contributed by atoms with Crippen molar-refractivity contribution >= 4 is 5.91 Å². The van der Waals surface area contributed by atoms with Crippen LogP contribution in [-0.4, -0.2) is 16.5 Å². The lowest BCUT2D eigenvalue weighted by Crippen LogP contribution is -2.44. The molecule has 0 aliphatic rings. The van der Waals surface area contributed by atoms with Gasteiger partial charge in [-0.2, -0.15) is 0 Å². The quantitative estimate of drug-likeness (QED) is 0.782. The van der Waals surface area contributed by atoms with E-state index in [2.05, 4.69) is 5.32 Å². The van der Waals surface area contributed by atoms with Crippen molar-refractivity contribution in [1.29, 1.82) is 0 Å². The topological polar surface area (TPSA) is 60.1 Å². The summed E-state index contributed by atoms with van der Waals surface area (Å²) in [6.45, 7) is 4.57. The molecule has 2 unspecified atom stereocenters. The molecule has 0 bridgehead atoms. The Hall–Kier alpha value is -1.29. The summed E-state index contributed by atoms with van der Waals surface area (Å²) in [6.07, 6.45) is 4.85. The average Bonchev–Trinajstić information content (AvgIpc) is 2.69. The Morgan fingerprint density at radius 3 is 2.81 bits per heavy atom. The molecule has 1 aromatic heterocycles. The van der Waals surface area contributed by atoms with Crippen LogP contribution in [0.25, 0.3) is 0 Å². The highest BCUT2D eigenvalue weighted by Crippen LogP contribution is 2.05. The Labute approximate surface area is 96.8 Å². The van der Waals surface area contributed by atoms with E-state index in [1.54, 1.807) is 0 Å². The second-order valence-corrected chi connectivity index (χ2v) is 4.31. The Balaban J connectivity index is 2.40. The van der Waals surface area contributed by atoms with Gasteiger partial charge in [-0.1, -0.05) is 20.3 Å². The van der Waals surface area contributed by atoms with E-state index in [0.29, 0.717) is 6.54 Å². The summed E-state index contributed by atoms with van der Waals surface area (Å²) in [6, 6.07) is 1.57. The summed E-state index contributed by atoms with van der Waals surface area (Å²) in [4.78, 5) is 11.7. The smallest absolute Gasteiger partial charge is 0.237 e. The molecule has 0 saturated heterocycles. The van der Waals surface area contributed by atoms with E-state index in [0.717, 1.165) is 12.0 Å². The van der Waals surface area contributed by atoms with Crippen LogP contribution in [0.4, 0.5) is 0 Å². The molecule has 3 N–H and O–H groups in total. The van der Waals surface area contributed by atoms with Crippen LogP contribution in [0.15, 0.2) is 18.5 Å². The molecular formula is C12H21N3O. The van der Waals surface area contributed by atoms with Gasteiger partial charge in [0.2, 0.25) is 5.91 Å². The first kappa shape index (κ1) is 12.8. The number of carbonyl (C=O) groups is 1. The Morgan fingerprint density at radius 1 is 1.62 bits per heavy atom. The van der Waals surface area contributed by atoms with Gasteiger partial charge in [0.25, 0.3) is 0 Å². The van der Waals surface area contributed by atoms with Gasteiger partial charge in [-0.15, -0.1) is 0 Å². The van der Waals surface area contributed by atoms with E-state index in [1.165, 1.54) is 0 Å². The van der Waals surface area contributed by atoms with E-state index in [1.807, 2.05) is 43.9 Å². The summed E-state index contributed by atoms with van der Waals surface area (Å²) >= 11 is 0. The molecule has 4 nitrogen and oxygen atoms in total. The maximum absolute atomic E-state index is 11.7. The molecule has 0 spiro atoms. The number of aromatic nitrogens is 1. The maximum atomic E-state index is 11.7. The number of amides is 1. The first-order chi connectivity index (χ1) is 7.54. The normalized spacial score (nSPS) is 14.5. The molecule has 16 heavy (non-hydrogen) atoms. The third-order valence-electron chi connectivity index (χ3n) is 2.92. The number of carbonyl (C=O) groups excluding carboxylic acids is 1. The average molecular weight is 223 g/mol. The Bertz CT molecular complexity index is 346. The largest absolute Gasteiger partial charge is 0.357 e. The van der Waals surface area contributed by atoms with Crippen molar-refractivity contribution in [3.63, 3.8) is 0 Å². The number of nitrogens with two attached hydrogens (primary N) is 1. The molecule has 1 amide bonds. The van der Waals surface area contributed by atoms with E-state index in [-0.39, 0.29) is 11.8 Å². The van der Waals surface area contributed by atoms with Gasteiger partial charge in [0.05, 0.1) is 6.04 Å². The van der Waals surface area contributed by atoms with Crippen molar-refractivity contribution in [1.82, 2.24) is 9.88 Å². The molecule has 1 aromatic rings. The zero-order valence-corrected chi connectivity index (χ0v) is 10.2. The molecule has 0 saturated carbocycles. The Morgan fingerprint density at radius 2 is 2.31 bits per heavy atom. The third kappa shape index (κ3) is 3.38. The number of aryl methyl sites for hydroxylation is 1. The molecule has 4 heteroatoms. The van der Waals surface area contributed by atoms with Crippen LogP contribution in [0.5, 0.6) is 0 Å². The zero-order valence-electron chi connectivity index (χ0n) is 10.2. The zero-order chi connectivity index (χ0) is 12.1. The summed E-state index contributed by atoms with van der Waals surface area (Å²) in [7, 11) is 1.95. The molecule has 0 aromatic carbocycles. The highest BCUT2D eigenvalue weighted by atomic mass is 16.2. The predicted molar refractivity (Wildman–Crippen MR) is 64.7 cm³/mol.